The van der Waals surface area contributed by atoms with Crippen LogP contribution in [0.4, 0.5) is 0 Å². The second kappa shape index (κ2) is 4.68. The topological polar surface area (TPSA) is 45.4 Å². The van der Waals surface area contributed by atoms with Crippen molar-refractivity contribution in [3.63, 3.8) is 0 Å². The highest BCUT2D eigenvalue weighted by Gasteiger charge is 2.11. The Kier molecular flexibility index (Phi) is 3.27. The van der Waals surface area contributed by atoms with E-state index in [9.17, 15) is 5.11 Å². The van der Waals surface area contributed by atoms with Crippen LogP contribution in [0, 0.1) is 0 Å². The normalized spacial score (nSPS) is 15.2. The van der Waals surface area contributed by atoms with E-state index in [4.69, 9.17) is 4.42 Å². The summed E-state index contributed by atoms with van der Waals surface area (Å²) in [6, 6.07) is 10.1. The first kappa shape index (κ1) is 11.2. The summed E-state index contributed by atoms with van der Waals surface area (Å²) in [5.41, 5.74) is 0.906. The van der Waals surface area contributed by atoms with Gasteiger partial charge in [-0.1, -0.05) is 18.2 Å². The van der Waals surface area contributed by atoms with E-state index in [-0.39, 0.29) is 12.1 Å². The predicted molar refractivity (Wildman–Crippen MR) is 64.3 cm³/mol. The number of aliphatic hydroxyl groups is 1. The summed E-state index contributed by atoms with van der Waals surface area (Å²) < 4.78 is 5.72. The van der Waals surface area contributed by atoms with Crippen molar-refractivity contribution in [3.05, 3.63) is 36.1 Å². The molecule has 0 spiro atoms. The van der Waals surface area contributed by atoms with Gasteiger partial charge in [-0.3, -0.25) is 0 Å². The van der Waals surface area contributed by atoms with E-state index in [1.165, 1.54) is 0 Å². The molecule has 1 aromatic heterocycles. The maximum atomic E-state index is 9.19. The van der Waals surface area contributed by atoms with Crippen LogP contribution in [-0.2, 0) is 0 Å². The molecule has 2 rings (SSSR count). The van der Waals surface area contributed by atoms with Gasteiger partial charge in [-0.15, -0.1) is 0 Å². The first-order valence-corrected chi connectivity index (χ1v) is 5.57. The lowest BCUT2D eigenvalue weighted by molar-refractivity contribution is 0.185. The number of rotatable bonds is 4. The van der Waals surface area contributed by atoms with Gasteiger partial charge in [-0.05, 0) is 26.0 Å². The molecule has 0 bridgehead atoms. The van der Waals surface area contributed by atoms with Gasteiger partial charge in [0.15, 0.2) is 0 Å². The second-order valence-electron chi connectivity index (χ2n) is 4.17. The Hall–Kier alpha value is -1.32. The molecule has 0 saturated carbocycles. The van der Waals surface area contributed by atoms with Crippen molar-refractivity contribution < 1.29 is 9.52 Å². The zero-order chi connectivity index (χ0) is 11.5. The predicted octanol–water partition coefficient (Wildman–Crippen LogP) is 2.46. The molecule has 0 aliphatic rings. The van der Waals surface area contributed by atoms with Gasteiger partial charge in [0, 0.05) is 11.9 Å². The molecule has 0 aliphatic heterocycles. The molecule has 1 unspecified atom stereocenters. The molecule has 0 radical (unpaired) electrons. The monoisotopic (exact) mass is 219 g/mol. The number of hydrogen-bond donors (Lipinski definition) is 2. The van der Waals surface area contributed by atoms with Crippen LogP contribution in [0.25, 0.3) is 11.0 Å². The lowest BCUT2D eigenvalue weighted by atomic mass is 10.2. The maximum absolute atomic E-state index is 9.19. The van der Waals surface area contributed by atoms with E-state index < -0.39 is 0 Å². The minimum Gasteiger partial charge on any atom is -0.459 e. The standard InChI is InChI=1S/C13H17NO2/c1-9(15)8-14-10(2)13-7-11-5-3-4-6-12(11)16-13/h3-7,9-10,14-15H,8H2,1-2H3/t9-,10?/m0/s1. The van der Waals surface area contributed by atoms with Crippen molar-refractivity contribution in [2.24, 2.45) is 0 Å². The Morgan fingerprint density at radius 2 is 2.06 bits per heavy atom. The molecular weight excluding hydrogens is 202 g/mol. The molecule has 2 N–H and O–H groups in total. The molecule has 3 nitrogen and oxygen atoms in total. The Morgan fingerprint density at radius 3 is 2.75 bits per heavy atom. The van der Waals surface area contributed by atoms with E-state index in [0.717, 1.165) is 16.7 Å². The number of furan rings is 1. The highest BCUT2D eigenvalue weighted by molar-refractivity contribution is 5.77. The van der Waals surface area contributed by atoms with E-state index in [1.807, 2.05) is 37.3 Å². The second-order valence-corrected chi connectivity index (χ2v) is 4.17. The molecule has 0 aliphatic carbocycles. The smallest absolute Gasteiger partial charge is 0.134 e. The molecule has 2 aromatic rings. The van der Waals surface area contributed by atoms with Crippen LogP contribution < -0.4 is 5.32 Å². The van der Waals surface area contributed by atoms with Crippen LogP contribution >= 0.6 is 0 Å². The minimum absolute atomic E-state index is 0.113. The van der Waals surface area contributed by atoms with Gasteiger partial charge in [-0.2, -0.15) is 0 Å². The number of aliphatic hydroxyl groups excluding tert-OH is 1. The lowest BCUT2D eigenvalue weighted by Crippen LogP contribution is -2.26. The van der Waals surface area contributed by atoms with Crippen LogP contribution in [0.15, 0.2) is 34.7 Å². The molecule has 0 amide bonds. The average molecular weight is 219 g/mol. The van der Waals surface area contributed by atoms with Gasteiger partial charge < -0.3 is 14.8 Å². The SMILES string of the molecule is CC(NC[C@H](C)O)c1cc2ccccc2o1. The molecule has 1 heterocycles. The van der Waals surface area contributed by atoms with Gasteiger partial charge in [0.1, 0.15) is 11.3 Å². The fourth-order valence-electron chi connectivity index (χ4n) is 1.66. The van der Waals surface area contributed by atoms with Gasteiger partial charge in [-0.25, -0.2) is 0 Å². The first-order chi connectivity index (χ1) is 7.66. The quantitative estimate of drug-likeness (QED) is 0.830. The molecule has 3 heteroatoms. The maximum Gasteiger partial charge on any atom is 0.134 e. The summed E-state index contributed by atoms with van der Waals surface area (Å²) in [7, 11) is 0. The van der Waals surface area contributed by atoms with E-state index >= 15 is 0 Å². The largest absolute Gasteiger partial charge is 0.459 e. The van der Waals surface area contributed by atoms with Crippen LogP contribution in [0.1, 0.15) is 25.6 Å². The van der Waals surface area contributed by atoms with Gasteiger partial charge >= 0.3 is 0 Å². The summed E-state index contributed by atoms with van der Waals surface area (Å²) in [5.74, 6) is 0.904. The molecule has 1 aromatic carbocycles. The van der Waals surface area contributed by atoms with Crippen molar-refractivity contribution in [2.45, 2.75) is 26.0 Å². The molecule has 0 saturated heterocycles. The van der Waals surface area contributed by atoms with E-state index in [2.05, 4.69) is 5.32 Å². The van der Waals surface area contributed by atoms with Gasteiger partial charge in [0.05, 0.1) is 12.1 Å². The van der Waals surface area contributed by atoms with Crippen LogP contribution in [0.5, 0.6) is 0 Å². The van der Waals surface area contributed by atoms with Crippen molar-refractivity contribution in [1.82, 2.24) is 5.32 Å². The highest BCUT2D eigenvalue weighted by atomic mass is 16.3. The van der Waals surface area contributed by atoms with Gasteiger partial charge in [0.2, 0.25) is 0 Å². The summed E-state index contributed by atoms with van der Waals surface area (Å²) in [6.45, 7) is 4.36. The zero-order valence-corrected chi connectivity index (χ0v) is 9.60. The number of para-hydroxylation sites is 1. The molecule has 0 fully saturated rings. The summed E-state index contributed by atoms with van der Waals surface area (Å²) in [5, 5.41) is 13.5. The highest BCUT2D eigenvalue weighted by Crippen LogP contribution is 2.23. The van der Waals surface area contributed by atoms with Crippen LogP contribution in [0.2, 0.25) is 0 Å². The molecule has 16 heavy (non-hydrogen) atoms. The Bertz CT molecular complexity index is 429. The number of fused-ring (bicyclic) bond motifs is 1. The minimum atomic E-state index is -0.341. The van der Waals surface area contributed by atoms with E-state index in [1.54, 1.807) is 6.92 Å². The Labute approximate surface area is 95.1 Å². The van der Waals surface area contributed by atoms with E-state index in [0.29, 0.717) is 6.54 Å². The Balaban J connectivity index is 2.13. The summed E-state index contributed by atoms with van der Waals surface area (Å²) in [6.07, 6.45) is -0.341. The fourth-order valence-corrected chi connectivity index (χ4v) is 1.66. The molecule has 2 atom stereocenters. The lowest BCUT2D eigenvalue weighted by Gasteiger charge is -2.12. The number of hydrogen-bond acceptors (Lipinski definition) is 3. The zero-order valence-electron chi connectivity index (χ0n) is 9.60. The third kappa shape index (κ3) is 2.43. The molecular formula is C13H17NO2. The molecule has 86 valence electrons. The van der Waals surface area contributed by atoms with Crippen LogP contribution in [-0.4, -0.2) is 17.8 Å². The third-order valence-corrected chi connectivity index (χ3v) is 2.59. The fraction of sp³-hybridized carbons (Fsp3) is 0.385. The number of benzene rings is 1. The van der Waals surface area contributed by atoms with Gasteiger partial charge in [0.25, 0.3) is 0 Å². The summed E-state index contributed by atoms with van der Waals surface area (Å²) in [4.78, 5) is 0. The first-order valence-electron chi connectivity index (χ1n) is 5.57. The van der Waals surface area contributed by atoms with Crippen molar-refractivity contribution in [3.8, 4) is 0 Å². The van der Waals surface area contributed by atoms with Crippen LogP contribution in [0.3, 0.4) is 0 Å². The summed E-state index contributed by atoms with van der Waals surface area (Å²) >= 11 is 0. The van der Waals surface area contributed by atoms with Crippen molar-refractivity contribution >= 4 is 11.0 Å². The number of nitrogens with one attached hydrogen (secondary N) is 1. The average Bonchev–Trinajstić information content (AvgIpc) is 2.69. The Morgan fingerprint density at radius 1 is 1.31 bits per heavy atom. The van der Waals surface area contributed by atoms with Crippen molar-refractivity contribution in [1.29, 1.82) is 0 Å². The van der Waals surface area contributed by atoms with Crippen molar-refractivity contribution in [2.75, 3.05) is 6.54 Å². The third-order valence-electron chi connectivity index (χ3n) is 2.59.